The molecule has 0 unspecified atom stereocenters. The van der Waals surface area contributed by atoms with Crippen LogP contribution in [0.15, 0.2) is 48.5 Å². The zero-order chi connectivity index (χ0) is 13.2. The number of halogens is 4. The van der Waals surface area contributed by atoms with Crippen LogP contribution in [-0.4, -0.2) is 0 Å². The predicted octanol–water partition coefficient (Wildman–Crippen LogP) is 5.11. The Morgan fingerprint density at radius 3 is 2.17 bits per heavy atom. The maximum Gasteiger partial charge on any atom is 0.416 e. The predicted molar refractivity (Wildman–Crippen MR) is 66.4 cm³/mol. The van der Waals surface area contributed by atoms with Gasteiger partial charge in [0.2, 0.25) is 0 Å². The number of hydrogen-bond acceptors (Lipinski definition) is 0. The standard InChI is InChI=1S/C14H10ClF3/c15-9-11-6-7-12(14(16,17)18)8-13(11)10-4-2-1-3-5-10/h1-8H,9H2. The highest BCUT2D eigenvalue weighted by Crippen LogP contribution is 2.34. The minimum atomic E-state index is -4.34. The van der Waals surface area contributed by atoms with Gasteiger partial charge >= 0.3 is 6.18 Å². The molecule has 0 saturated heterocycles. The zero-order valence-electron chi connectivity index (χ0n) is 9.34. The lowest BCUT2D eigenvalue weighted by atomic mass is 9.98. The van der Waals surface area contributed by atoms with Gasteiger partial charge in [0, 0.05) is 5.88 Å². The van der Waals surface area contributed by atoms with E-state index in [9.17, 15) is 13.2 Å². The molecule has 2 rings (SSSR count). The largest absolute Gasteiger partial charge is 0.416 e. The minimum Gasteiger partial charge on any atom is -0.166 e. The van der Waals surface area contributed by atoms with E-state index in [4.69, 9.17) is 11.6 Å². The van der Waals surface area contributed by atoms with Crippen molar-refractivity contribution < 1.29 is 13.2 Å². The Morgan fingerprint density at radius 2 is 1.61 bits per heavy atom. The van der Waals surface area contributed by atoms with E-state index in [2.05, 4.69) is 0 Å². The Hall–Kier alpha value is -1.48. The van der Waals surface area contributed by atoms with Crippen LogP contribution in [0.3, 0.4) is 0 Å². The first kappa shape index (κ1) is 13.0. The number of hydrogen-bond donors (Lipinski definition) is 0. The van der Waals surface area contributed by atoms with E-state index in [-0.39, 0.29) is 5.88 Å². The van der Waals surface area contributed by atoms with Crippen molar-refractivity contribution in [1.82, 2.24) is 0 Å². The summed E-state index contributed by atoms with van der Waals surface area (Å²) in [5.74, 6) is 0.183. The summed E-state index contributed by atoms with van der Waals surface area (Å²) in [7, 11) is 0. The summed E-state index contributed by atoms with van der Waals surface area (Å²) in [5, 5.41) is 0. The molecule has 0 fully saturated rings. The first-order valence-electron chi connectivity index (χ1n) is 5.34. The quantitative estimate of drug-likeness (QED) is 0.665. The molecule has 0 saturated carbocycles. The summed E-state index contributed by atoms with van der Waals surface area (Å²) in [6, 6.07) is 12.6. The Labute approximate surface area is 108 Å². The van der Waals surface area contributed by atoms with Crippen LogP contribution in [0, 0.1) is 0 Å². The van der Waals surface area contributed by atoms with Gasteiger partial charge in [-0.15, -0.1) is 11.6 Å². The first-order chi connectivity index (χ1) is 8.52. The summed E-state index contributed by atoms with van der Waals surface area (Å²) in [4.78, 5) is 0. The van der Waals surface area contributed by atoms with E-state index in [1.165, 1.54) is 6.07 Å². The third-order valence-corrected chi connectivity index (χ3v) is 2.95. The van der Waals surface area contributed by atoms with Crippen molar-refractivity contribution in [2.24, 2.45) is 0 Å². The molecular formula is C14H10ClF3. The second kappa shape index (κ2) is 5.02. The van der Waals surface area contributed by atoms with Crippen molar-refractivity contribution in [3.8, 4) is 11.1 Å². The molecule has 0 aromatic heterocycles. The Kier molecular flexibility index (Phi) is 3.62. The van der Waals surface area contributed by atoms with Gasteiger partial charge in [-0.1, -0.05) is 36.4 Å². The van der Waals surface area contributed by atoms with Crippen LogP contribution in [0.1, 0.15) is 11.1 Å². The normalized spacial score (nSPS) is 11.6. The monoisotopic (exact) mass is 270 g/mol. The van der Waals surface area contributed by atoms with Crippen molar-refractivity contribution >= 4 is 11.6 Å². The summed E-state index contributed by atoms with van der Waals surface area (Å²) in [6.45, 7) is 0. The van der Waals surface area contributed by atoms with Gasteiger partial charge in [-0.2, -0.15) is 13.2 Å². The fourth-order valence-corrected chi connectivity index (χ4v) is 1.99. The Bertz CT molecular complexity index is 532. The van der Waals surface area contributed by atoms with E-state index in [1.54, 1.807) is 24.3 Å². The van der Waals surface area contributed by atoms with Gasteiger partial charge in [0.25, 0.3) is 0 Å². The van der Waals surface area contributed by atoms with Crippen LogP contribution in [0.5, 0.6) is 0 Å². The Balaban J connectivity index is 2.57. The molecule has 0 N–H and O–H groups in total. The van der Waals surface area contributed by atoms with Crippen LogP contribution >= 0.6 is 11.6 Å². The second-order valence-electron chi connectivity index (χ2n) is 3.87. The second-order valence-corrected chi connectivity index (χ2v) is 4.14. The van der Waals surface area contributed by atoms with Crippen molar-refractivity contribution in [2.45, 2.75) is 12.1 Å². The molecule has 0 atom stereocenters. The van der Waals surface area contributed by atoms with Gasteiger partial charge in [0.15, 0.2) is 0 Å². The summed E-state index contributed by atoms with van der Waals surface area (Å²) < 4.78 is 38.1. The maximum atomic E-state index is 12.7. The molecule has 4 heteroatoms. The maximum absolute atomic E-state index is 12.7. The van der Waals surface area contributed by atoms with Crippen molar-refractivity contribution in [1.29, 1.82) is 0 Å². The van der Waals surface area contributed by atoms with Crippen molar-refractivity contribution in [3.63, 3.8) is 0 Å². The lowest BCUT2D eigenvalue weighted by Gasteiger charge is -2.12. The molecule has 0 spiro atoms. The molecule has 2 aromatic carbocycles. The van der Waals surface area contributed by atoms with Gasteiger partial charge in [-0.3, -0.25) is 0 Å². The van der Waals surface area contributed by atoms with Crippen molar-refractivity contribution in [3.05, 3.63) is 59.7 Å². The number of rotatable bonds is 2. The molecule has 0 amide bonds. The SMILES string of the molecule is FC(F)(F)c1ccc(CCl)c(-c2ccccc2)c1. The molecule has 0 aliphatic carbocycles. The van der Waals surface area contributed by atoms with Gasteiger partial charge in [-0.25, -0.2) is 0 Å². The summed E-state index contributed by atoms with van der Waals surface area (Å²) >= 11 is 5.77. The third-order valence-electron chi connectivity index (χ3n) is 2.67. The van der Waals surface area contributed by atoms with E-state index in [0.29, 0.717) is 11.1 Å². The van der Waals surface area contributed by atoms with E-state index < -0.39 is 11.7 Å². The van der Waals surface area contributed by atoms with Gasteiger partial charge in [0.05, 0.1) is 5.56 Å². The Morgan fingerprint density at radius 1 is 0.944 bits per heavy atom. The average molecular weight is 271 g/mol. The molecule has 0 bridgehead atoms. The fraction of sp³-hybridized carbons (Fsp3) is 0.143. The fourth-order valence-electron chi connectivity index (χ4n) is 1.76. The van der Waals surface area contributed by atoms with Crippen LogP contribution in [0.4, 0.5) is 13.2 Å². The van der Waals surface area contributed by atoms with E-state index in [0.717, 1.165) is 17.7 Å². The third kappa shape index (κ3) is 2.67. The highest BCUT2D eigenvalue weighted by molar-refractivity contribution is 6.17. The number of alkyl halides is 4. The zero-order valence-corrected chi connectivity index (χ0v) is 10.1. The summed E-state index contributed by atoms with van der Waals surface area (Å²) in [6.07, 6.45) is -4.34. The summed E-state index contributed by atoms with van der Waals surface area (Å²) in [5.41, 5.74) is 1.30. The van der Waals surface area contributed by atoms with Crippen LogP contribution in [-0.2, 0) is 12.1 Å². The smallest absolute Gasteiger partial charge is 0.166 e. The lowest BCUT2D eigenvalue weighted by molar-refractivity contribution is -0.137. The molecule has 18 heavy (non-hydrogen) atoms. The molecule has 0 nitrogen and oxygen atoms in total. The molecule has 2 aromatic rings. The number of benzene rings is 2. The van der Waals surface area contributed by atoms with Crippen LogP contribution < -0.4 is 0 Å². The van der Waals surface area contributed by atoms with Gasteiger partial charge in [-0.05, 0) is 28.8 Å². The lowest BCUT2D eigenvalue weighted by Crippen LogP contribution is -2.05. The van der Waals surface area contributed by atoms with Gasteiger partial charge in [0.1, 0.15) is 0 Å². The molecule has 0 heterocycles. The molecule has 0 aliphatic heterocycles. The highest BCUT2D eigenvalue weighted by Gasteiger charge is 2.31. The van der Waals surface area contributed by atoms with E-state index in [1.807, 2.05) is 6.07 Å². The van der Waals surface area contributed by atoms with Gasteiger partial charge < -0.3 is 0 Å². The average Bonchev–Trinajstić information content (AvgIpc) is 2.38. The molecule has 0 aliphatic rings. The first-order valence-corrected chi connectivity index (χ1v) is 5.87. The minimum absolute atomic E-state index is 0.183. The molecule has 0 radical (unpaired) electrons. The van der Waals surface area contributed by atoms with Crippen LogP contribution in [0.25, 0.3) is 11.1 Å². The topological polar surface area (TPSA) is 0 Å². The van der Waals surface area contributed by atoms with Crippen LogP contribution in [0.2, 0.25) is 0 Å². The highest BCUT2D eigenvalue weighted by atomic mass is 35.5. The van der Waals surface area contributed by atoms with Crippen molar-refractivity contribution in [2.75, 3.05) is 0 Å². The molecular weight excluding hydrogens is 261 g/mol. The molecule has 94 valence electrons. The van der Waals surface area contributed by atoms with E-state index >= 15 is 0 Å².